The molecule has 118 valence electrons. The number of nitrogens with zero attached hydrogens (tertiary/aromatic N) is 4. The predicted molar refractivity (Wildman–Crippen MR) is 84.8 cm³/mol. The largest absolute Gasteiger partial charge is 0.354 e. The van der Waals surface area contributed by atoms with E-state index in [1.807, 2.05) is 24.3 Å². The fourth-order valence-electron chi connectivity index (χ4n) is 2.79. The van der Waals surface area contributed by atoms with Crippen LogP contribution in [-0.2, 0) is 17.8 Å². The summed E-state index contributed by atoms with van der Waals surface area (Å²) in [6.45, 7) is 0.863. The first-order valence-electron chi connectivity index (χ1n) is 7.88. The molecule has 0 saturated heterocycles. The Morgan fingerprint density at radius 3 is 3.00 bits per heavy atom. The van der Waals surface area contributed by atoms with Crippen LogP contribution in [0.1, 0.15) is 30.3 Å². The van der Waals surface area contributed by atoms with Gasteiger partial charge in [-0.3, -0.25) is 4.79 Å². The topological polar surface area (TPSA) is 88.5 Å². The SMILES string of the molecule is O=C(Cn1c(C2CC2)nc2ccccc21)NCCc1cn[nH]n1. The van der Waals surface area contributed by atoms with Crippen LogP contribution < -0.4 is 5.32 Å². The number of amides is 1. The molecule has 1 aliphatic carbocycles. The van der Waals surface area contributed by atoms with E-state index in [1.54, 1.807) is 6.20 Å². The minimum atomic E-state index is -0.00134. The third-order valence-electron chi connectivity index (χ3n) is 4.10. The summed E-state index contributed by atoms with van der Waals surface area (Å²) in [6.07, 6.45) is 4.66. The van der Waals surface area contributed by atoms with E-state index in [9.17, 15) is 4.79 Å². The molecule has 0 aliphatic heterocycles. The predicted octanol–water partition coefficient (Wildman–Crippen LogP) is 1.39. The summed E-state index contributed by atoms with van der Waals surface area (Å²) in [4.78, 5) is 17.0. The normalized spacial score (nSPS) is 14.3. The second-order valence-corrected chi connectivity index (χ2v) is 5.88. The Bertz CT molecular complexity index is 818. The van der Waals surface area contributed by atoms with Gasteiger partial charge in [-0.15, -0.1) is 0 Å². The second kappa shape index (κ2) is 5.83. The number of aromatic amines is 1. The van der Waals surface area contributed by atoms with E-state index in [4.69, 9.17) is 4.98 Å². The van der Waals surface area contributed by atoms with Crippen LogP contribution in [0.4, 0.5) is 0 Å². The van der Waals surface area contributed by atoms with Crippen molar-refractivity contribution < 1.29 is 4.79 Å². The second-order valence-electron chi connectivity index (χ2n) is 5.88. The van der Waals surface area contributed by atoms with Gasteiger partial charge in [0.2, 0.25) is 5.91 Å². The molecule has 2 heterocycles. The van der Waals surface area contributed by atoms with E-state index < -0.39 is 0 Å². The van der Waals surface area contributed by atoms with E-state index in [2.05, 4.69) is 25.3 Å². The van der Waals surface area contributed by atoms with Crippen LogP contribution in [0.15, 0.2) is 30.5 Å². The van der Waals surface area contributed by atoms with Crippen molar-refractivity contribution in [3.8, 4) is 0 Å². The quantitative estimate of drug-likeness (QED) is 0.720. The average Bonchev–Trinajstić information content (AvgIpc) is 3.15. The number of imidazole rings is 1. The van der Waals surface area contributed by atoms with Crippen LogP contribution in [-0.4, -0.2) is 37.4 Å². The van der Waals surface area contributed by atoms with Crippen molar-refractivity contribution in [2.24, 2.45) is 0 Å². The highest BCUT2D eigenvalue weighted by Gasteiger charge is 2.30. The number of rotatable bonds is 6. The summed E-state index contributed by atoms with van der Waals surface area (Å²) in [5.41, 5.74) is 2.84. The third-order valence-corrected chi connectivity index (χ3v) is 4.10. The molecule has 1 aromatic carbocycles. The zero-order valence-corrected chi connectivity index (χ0v) is 12.7. The van der Waals surface area contributed by atoms with Gasteiger partial charge in [0.05, 0.1) is 22.9 Å². The van der Waals surface area contributed by atoms with Crippen molar-refractivity contribution >= 4 is 16.9 Å². The first kappa shape index (κ1) is 13.9. The summed E-state index contributed by atoms with van der Waals surface area (Å²) in [5, 5.41) is 13.2. The number of nitrogens with one attached hydrogen (secondary N) is 2. The van der Waals surface area contributed by atoms with Crippen LogP contribution in [0.2, 0.25) is 0 Å². The summed E-state index contributed by atoms with van der Waals surface area (Å²) < 4.78 is 2.05. The summed E-state index contributed by atoms with van der Waals surface area (Å²) in [6, 6.07) is 7.99. The number of fused-ring (bicyclic) bond motifs is 1. The van der Waals surface area contributed by atoms with E-state index in [1.165, 1.54) is 0 Å². The molecule has 1 aliphatic rings. The van der Waals surface area contributed by atoms with Crippen molar-refractivity contribution in [1.29, 1.82) is 0 Å². The Hall–Kier alpha value is -2.70. The Labute approximate surface area is 133 Å². The molecule has 0 radical (unpaired) electrons. The number of hydrogen-bond donors (Lipinski definition) is 2. The van der Waals surface area contributed by atoms with Crippen LogP contribution in [0.5, 0.6) is 0 Å². The van der Waals surface area contributed by atoms with Crippen LogP contribution in [0.25, 0.3) is 11.0 Å². The maximum atomic E-state index is 12.3. The minimum absolute atomic E-state index is 0.00134. The molecule has 23 heavy (non-hydrogen) atoms. The first-order chi connectivity index (χ1) is 11.3. The average molecular weight is 310 g/mol. The fourth-order valence-corrected chi connectivity index (χ4v) is 2.79. The lowest BCUT2D eigenvalue weighted by atomic mass is 10.3. The lowest BCUT2D eigenvalue weighted by Crippen LogP contribution is -2.30. The lowest BCUT2D eigenvalue weighted by Gasteiger charge is -2.09. The van der Waals surface area contributed by atoms with Crippen LogP contribution >= 0.6 is 0 Å². The van der Waals surface area contributed by atoms with Gasteiger partial charge in [0, 0.05) is 18.9 Å². The molecule has 1 fully saturated rings. The van der Waals surface area contributed by atoms with E-state index in [0.29, 0.717) is 25.4 Å². The summed E-state index contributed by atoms with van der Waals surface area (Å²) in [5.74, 6) is 1.54. The highest BCUT2D eigenvalue weighted by molar-refractivity contribution is 5.81. The lowest BCUT2D eigenvalue weighted by molar-refractivity contribution is -0.121. The van der Waals surface area contributed by atoms with Gasteiger partial charge in [0.25, 0.3) is 0 Å². The smallest absolute Gasteiger partial charge is 0.240 e. The van der Waals surface area contributed by atoms with E-state index in [0.717, 1.165) is 35.4 Å². The zero-order chi connectivity index (χ0) is 15.6. The van der Waals surface area contributed by atoms with Crippen molar-refractivity contribution in [2.75, 3.05) is 6.54 Å². The minimum Gasteiger partial charge on any atom is -0.354 e. The standard InChI is InChI=1S/C16H18N6O/c23-15(17-8-7-12-9-18-21-20-12)10-22-14-4-2-1-3-13(14)19-16(22)11-5-6-11/h1-4,9,11H,5-8,10H2,(H,17,23)(H,18,20,21). The maximum absolute atomic E-state index is 12.3. The van der Waals surface area contributed by atoms with Crippen molar-refractivity contribution in [3.05, 3.63) is 42.0 Å². The van der Waals surface area contributed by atoms with E-state index >= 15 is 0 Å². The molecule has 0 spiro atoms. The Morgan fingerprint density at radius 2 is 2.22 bits per heavy atom. The van der Waals surface area contributed by atoms with Gasteiger partial charge in [-0.1, -0.05) is 12.1 Å². The summed E-state index contributed by atoms with van der Waals surface area (Å²) in [7, 11) is 0. The molecule has 0 atom stereocenters. The number of para-hydroxylation sites is 2. The first-order valence-corrected chi connectivity index (χ1v) is 7.88. The Balaban J connectivity index is 1.46. The fraction of sp³-hybridized carbons (Fsp3) is 0.375. The van der Waals surface area contributed by atoms with Crippen molar-refractivity contribution in [3.63, 3.8) is 0 Å². The van der Waals surface area contributed by atoms with Crippen molar-refractivity contribution in [2.45, 2.75) is 31.7 Å². The number of aromatic nitrogens is 5. The Kier molecular flexibility index (Phi) is 3.53. The van der Waals surface area contributed by atoms with Gasteiger partial charge < -0.3 is 9.88 Å². The van der Waals surface area contributed by atoms with Crippen LogP contribution in [0.3, 0.4) is 0 Å². The van der Waals surface area contributed by atoms with Gasteiger partial charge in [-0.2, -0.15) is 15.4 Å². The molecule has 7 heteroatoms. The zero-order valence-electron chi connectivity index (χ0n) is 12.7. The molecule has 2 aromatic heterocycles. The monoisotopic (exact) mass is 310 g/mol. The highest BCUT2D eigenvalue weighted by atomic mass is 16.1. The molecule has 2 N–H and O–H groups in total. The molecule has 3 aromatic rings. The molecule has 7 nitrogen and oxygen atoms in total. The Morgan fingerprint density at radius 1 is 1.35 bits per heavy atom. The molecular formula is C16H18N6O. The van der Waals surface area contributed by atoms with Gasteiger partial charge in [0.15, 0.2) is 0 Å². The van der Waals surface area contributed by atoms with Gasteiger partial charge in [-0.05, 0) is 25.0 Å². The molecule has 0 bridgehead atoms. The molecule has 1 saturated carbocycles. The van der Waals surface area contributed by atoms with Crippen molar-refractivity contribution in [1.82, 2.24) is 30.3 Å². The number of hydrogen-bond acceptors (Lipinski definition) is 4. The van der Waals surface area contributed by atoms with Gasteiger partial charge in [-0.25, -0.2) is 4.98 Å². The van der Waals surface area contributed by atoms with E-state index in [-0.39, 0.29) is 5.91 Å². The molecular weight excluding hydrogens is 292 g/mol. The number of carbonyl (C=O) groups is 1. The number of H-pyrrole nitrogens is 1. The van der Waals surface area contributed by atoms with Gasteiger partial charge in [0.1, 0.15) is 12.4 Å². The summed E-state index contributed by atoms with van der Waals surface area (Å²) >= 11 is 0. The number of benzene rings is 1. The maximum Gasteiger partial charge on any atom is 0.240 e. The third kappa shape index (κ3) is 2.94. The molecule has 0 unspecified atom stereocenters. The highest BCUT2D eigenvalue weighted by Crippen LogP contribution is 2.40. The molecule has 1 amide bonds. The van der Waals surface area contributed by atoms with Crippen LogP contribution in [0, 0.1) is 0 Å². The van der Waals surface area contributed by atoms with Gasteiger partial charge >= 0.3 is 0 Å². The molecule has 4 rings (SSSR count). The number of carbonyl (C=O) groups excluding carboxylic acids is 1.